The fourth-order valence-electron chi connectivity index (χ4n) is 4.49. The average molecular weight is 406 g/mol. The number of hydrogen-bond donors (Lipinski definition) is 1. The minimum atomic E-state index is -0.764. The first-order chi connectivity index (χ1) is 12.8. The van der Waals surface area contributed by atoms with E-state index in [-0.39, 0.29) is 17.8 Å². The highest BCUT2D eigenvalue weighted by atomic mass is 35.5. The molecule has 0 spiro atoms. The van der Waals surface area contributed by atoms with Gasteiger partial charge in [-0.3, -0.25) is 4.79 Å². The Morgan fingerprint density at radius 1 is 1.19 bits per heavy atom. The topological polar surface area (TPSA) is 40.5 Å². The van der Waals surface area contributed by atoms with Crippen LogP contribution < -0.4 is 0 Å². The summed E-state index contributed by atoms with van der Waals surface area (Å²) < 4.78 is 0. The number of halogens is 2. The van der Waals surface area contributed by atoms with Gasteiger partial charge in [0, 0.05) is 28.5 Å². The SMILES string of the molecule is C[C@@H](CN(C)CCC(=O)O)[C@]1(c2ccc(Cl)cc2)CCc2ccc(Cl)cc21. The molecule has 2 aromatic rings. The molecule has 1 aliphatic carbocycles. The molecule has 3 nitrogen and oxygen atoms in total. The summed E-state index contributed by atoms with van der Waals surface area (Å²) in [7, 11) is 1.99. The molecule has 0 heterocycles. The lowest BCUT2D eigenvalue weighted by atomic mass is 9.67. The van der Waals surface area contributed by atoms with E-state index in [0.29, 0.717) is 6.54 Å². The molecule has 27 heavy (non-hydrogen) atoms. The number of nitrogens with zero attached hydrogens (tertiary/aromatic N) is 1. The zero-order valence-electron chi connectivity index (χ0n) is 15.7. The summed E-state index contributed by atoms with van der Waals surface area (Å²) in [6.45, 7) is 3.60. The molecule has 0 fully saturated rings. The number of benzene rings is 2. The fourth-order valence-corrected chi connectivity index (χ4v) is 4.79. The summed E-state index contributed by atoms with van der Waals surface area (Å²) in [4.78, 5) is 13.0. The van der Waals surface area contributed by atoms with Crippen LogP contribution in [0.3, 0.4) is 0 Å². The fraction of sp³-hybridized carbons (Fsp3) is 0.409. The van der Waals surface area contributed by atoms with Gasteiger partial charge in [-0.1, -0.05) is 48.3 Å². The highest BCUT2D eigenvalue weighted by molar-refractivity contribution is 6.31. The maximum atomic E-state index is 10.9. The van der Waals surface area contributed by atoms with Crippen LogP contribution in [-0.2, 0) is 16.6 Å². The maximum absolute atomic E-state index is 10.9. The van der Waals surface area contributed by atoms with Gasteiger partial charge in [-0.05, 0) is 66.8 Å². The second kappa shape index (κ2) is 8.22. The lowest BCUT2D eigenvalue weighted by Gasteiger charge is -2.39. The van der Waals surface area contributed by atoms with Crippen LogP contribution in [0.1, 0.15) is 36.5 Å². The Kier molecular flexibility index (Phi) is 6.15. The highest BCUT2D eigenvalue weighted by Gasteiger charge is 2.44. The Morgan fingerprint density at radius 3 is 2.52 bits per heavy atom. The lowest BCUT2D eigenvalue weighted by Crippen LogP contribution is -2.40. The normalized spacial score (nSPS) is 19.9. The van der Waals surface area contributed by atoms with Crippen LogP contribution in [0.2, 0.25) is 10.0 Å². The Morgan fingerprint density at radius 2 is 1.85 bits per heavy atom. The number of rotatable bonds is 7. The van der Waals surface area contributed by atoms with Crippen molar-refractivity contribution in [2.24, 2.45) is 5.92 Å². The van der Waals surface area contributed by atoms with Crippen LogP contribution in [-0.4, -0.2) is 36.1 Å². The number of fused-ring (bicyclic) bond motifs is 1. The van der Waals surface area contributed by atoms with E-state index in [0.717, 1.165) is 29.4 Å². The van der Waals surface area contributed by atoms with E-state index in [1.54, 1.807) is 0 Å². The van der Waals surface area contributed by atoms with Crippen molar-refractivity contribution in [2.45, 2.75) is 31.6 Å². The monoisotopic (exact) mass is 405 g/mol. The van der Waals surface area contributed by atoms with Crippen LogP contribution >= 0.6 is 23.2 Å². The largest absolute Gasteiger partial charge is 0.481 e. The minimum Gasteiger partial charge on any atom is -0.481 e. The van der Waals surface area contributed by atoms with Crippen LogP contribution in [0.5, 0.6) is 0 Å². The van der Waals surface area contributed by atoms with E-state index in [1.165, 1.54) is 16.7 Å². The van der Waals surface area contributed by atoms with Crippen molar-refractivity contribution < 1.29 is 9.90 Å². The molecule has 0 unspecified atom stereocenters. The smallest absolute Gasteiger partial charge is 0.304 e. The zero-order valence-corrected chi connectivity index (χ0v) is 17.2. The van der Waals surface area contributed by atoms with Gasteiger partial charge in [0.1, 0.15) is 0 Å². The quantitative estimate of drug-likeness (QED) is 0.681. The van der Waals surface area contributed by atoms with Crippen LogP contribution in [0, 0.1) is 5.92 Å². The van der Waals surface area contributed by atoms with Gasteiger partial charge in [0.15, 0.2) is 0 Å². The highest BCUT2D eigenvalue weighted by Crippen LogP contribution is 2.50. The third kappa shape index (κ3) is 4.16. The van der Waals surface area contributed by atoms with Crippen molar-refractivity contribution in [3.8, 4) is 0 Å². The summed E-state index contributed by atoms with van der Waals surface area (Å²) >= 11 is 12.5. The number of aryl methyl sites for hydroxylation is 1. The Hall–Kier alpha value is -1.55. The Balaban J connectivity index is 1.99. The number of carbonyl (C=O) groups is 1. The van der Waals surface area contributed by atoms with E-state index in [2.05, 4.69) is 36.1 Å². The predicted octanol–water partition coefficient (Wildman–Crippen LogP) is 5.27. The predicted molar refractivity (Wildman–Crippen MR) is 111 cm³/mol. The molecule has 1 N–H and O–H groups in total. The third-order valence-corrected chi connectivity index (χ3v) is 6.32. The van der Waals surface area contributed by atoms with Crippen LogP contribution in [0.15, 0.2) is 42.5 Å². The first-order valence-corrected chi connectivity index (χ1v) is 10.0. The van der Waals surface area contributed by atoms with E-state index in [9.17, 15) is 4.79 Å². The number of aliphatic carboxylic acids is 1. The second-order valence-electron chi connectivity index (χ2n) is 7.59. The van der Waals surface area contributed by atoms with Crippen LogP contribution in [0.25, 0.3) is 0 Å². The van der Waals surface area contributed by atoms with Gasteiger partial charge >= 0.3 is 5.97 Å². The standard InChI is InChI=1S/C22H25Cl2NO2/c1-15(14-25(2)12-10-21(26)27)22(17-4-7-18(23)8-5-17)11-9-16-3-6-19(24)13-20(16)22/h3-8,13,15H,9-12,14H2,1-2H3,(H,26,27)/t15-,22-/m0/s1. The molecule has 3 rings (SSSR count). The van der Waals surface area contributed by atoms with Gasteiger partial charge in [-0.25, -0.2) is 0 Å². The zero-order chi connectivity index (χ0) is 19.6. The van der Waals surface area contributed by atoms with Gasteiger partial charge in [-0.2, -0.15) is 0 Å². The minimum absolute atomic E-state index is 0.150. The van der Waals surface area contributed by atoms with E-state index in [4.69, 9.17) is 28.3 Å². The Labute approximate surface area is 170 Å². The van der Waals surface area contributed by atoms with E-state index < -0.39 is 5.97 Å². The average Bonchev–Trinajstić information content (AvgIpc) is 3.00. The maximum Gasteiger partial charge on any atom is 0.304 e. The van der Waals surface area contributed by atoms with Gasteiger partial charge < -0.3 is 10.0 Å². The molecular formula is C22H25Cl2NO2. The summed E-state index contributed by atoms with van der Waals surface area (Å²) in [5, 5.41) is 10.4. The number of hydrogen-bond acceptors (Lipinski definition) is 2. The van der Waals surface area contributed by atoms with Gasteiger partial charge in [0.25, 0.3) is 0 Å². The van der Waals surface area contributed by atoms with Crippen molar-refractivity contribution in [2.75, 3.05) is 20.1 Å². The van der Waals surface area contributed by atoms with Crippen molar-refractivity contribution in [1.29, 1.82) is 0 Å². The van der Waals surface area contributed by atoms with Gasteiger partial charge in [0.2, 0.25) is 0 Å². The molecule has 2 aromatic carbocycles. The number of carboxylic acids is 1. The molecule has 0 saturated heterocycles. The molecule has 0 saturated carbocycles. The summed E-state index contributed by atoms with van der Waals surface area (Å²) in [6, 6.07) is 14.3. The molecule has 144 valence electrons. The third-order valence-electron chi connectivity index (χ3n) is 5.83. The first kappa shape index (κ1) is 20.2. The molecule has 2 atom stereocenters. The summed E-state index contributed by atoms with van der Waals surface area (Å²) in [5.74, 6) is -0.475. The lowest BCUT2D eigenvalue weighted by molar-refractivity contribution is -0.137. The number of carboxylic acid groups (broad SMARTS) is 1. The first-order valence-electron chi connectivity index (χ1n) is 9.28. The van der Waals surface area contributed by atoms with Gasteiger partial charge in [0.05, 0.1) is 6.42 Å². The Bertz CT molecular complexity index is 822. The molecule has 5 heteroatoms. The molecule has 0 amide bonds. The van der Waals surface area contributed by atoms with Crippen molar-refractivity contribution >= 4 is 29.2 Å². The molecule has 1 aliphatic rings. The van der Waals surface area contributed by atoms with E-state index >= 15 is 0 Å². The molecular weight excluding hydrogens is 381 g/mol. The van der Waals surface area contributed by atoms with E-state index in [1.807, 2.05) is 25.2 Å². The van der Waals surface area contributed by atoms with Crippen molar-refractivity contribution in [3.05, 3.63) is 69.2 Å². The molecule has 0 aliphatic heterocycles. The van der Waals surface area contributed by atoms with Gasteiger partial charge in [-0.15, -0.1) is 0 Å². The summed E-state index contributed by atoms with van der Waals surface area (Å²) in [5.41, 5.74) is 3.72. The van der Waals surface area contributed by atoms with Crippen LogP contribution in [0.4, 0.5) is 0 Å². The molecule has 0 radical (unpaired) electrons. The van der Waals surface area contributed by atoms with Crippen molar-refractivity contribution in [3.63, 3.8) is 0 Å². The molecule has 0 aromatic heterocycles. The second-order valence-corrected chi connectivity index (χ2v) is 8.46. The van der Waals surface area contributed by atoms with Crippen molar-refractivity contribution in [1.82, 2.24) is 4.90 Å². The summed E-state index contributed by atoms with van der Waals surface area (Å²) in [6.07, 6.45) is 2.18. The molecule has 0 bridgehead atoms.